The summed E-state index contributed by atoms with van der Waals surface area (Å²) in [4.78, 5) is 38.5. The van der Waals surface area contributed by atoms with Gasteiger partial charge in [-0.05, 0) is 33.1 Å². The number of fused-ring (bicyclic) bond motifs is 1. The minimum absolute atomic E-state index is 0.0416. The Morgan fingerprint density at radius 3 is 2.83 bits per heavy atom. The Morgan fingerprint density at radius 1 is 1.42 bits per heavy atom. The zero-order valence-corrected chi connectivity index (χ0v) is 14.5. The Labute approximate surface area is 142 Å². The van der Waals surface area contributed by atoms with Crippen LogP contribution in [0.25, 0.3) is 0 Å². The van der Waals surface area contributed by atoms with Gasteiger partial charge in [0.05, 0.1) is 12.2 Å². The quantitative estimate of drug-likeness (QED) is 0.432. The molecule has 0 radical (unpaired) electrons. The number of esters is 1. The molecule has 24 heavy (non-hydrogen) atoms. The van der Waals surface area contributed by atoms with Gasteiger partial charge >= 0.3 is 5.97 Å². The normalized spacial score (nSPS) is 20.1. The number of amides is 2. The molecule has 0 fully saturated rings. The number of carbonyl (C=O) groups excluding carboxylic acids is 3. The molecule has 2 aliphatic heterocycles. The van der Waals surface area contributed by atoms with Gasteiger partial charge in [0.1, 0.15) is 11.4 Å². The first-order valence-corrected chi connectivity index (χ1v) is 8.49. The highest BCUT2D eigenvalue weighted by molar-refractivity contribution is 6.17. The summed E-state index contributed by atoms with van der Waals surface area (Å²) in [6.45, 7) is 6.46. The Bertz CT molecular complexity index is 595. The first-order valence-electron chi connectivity index (χ1n) is 8.49. The minimum Gasteiger partial charge on any atom is -0.462 e. The van der Waals surface area contributed by atoms with Crippen LogP contribution in [0.3, 0.4) is 0 Å². The highest BCUT2D eigenvalue weighted by Gasteiger charge is 2.39. The predicted octanol–water partition coefficient (Wildman–Crippen LogP) is 1.18. The Balaban J connectivity index is 2.27. The van der Waals surface area contributed by atoms with Crippen molar-refractivity contribution < 1.29 is 19.1 Å². The van der Waals surface area contributed by atoms with Crippen molar-refractivity contribution >= 4 is 17.8 Å². The van der Waals surface area contributed by atoms with E-state index >= 15 is 0 Å². The predicted molar refractivity (Wildman–Crippen MR) is 88.3 cm³/mol. The van der Waals surface area contributed by atoms with E-state index in [0.29, 0.717) is 30.8 Å². The third-order valence-corrected chi connectivity index (χ3v) is 4.17. The standard InChI is InChI=1S/C17H25N3O4/c1-4-6-9-18-15(21)12-8-7-11(3)20-14(12)19-10-13(16(20)22)17(23)24-5-2/h10-11,19H,4-9H2,1-3H3,(H,18,21). The molecule has 0 aliphatic carbocycles. The average Bonchev–Trinajstić information content (AvgIpc) is 2.55. The number of carbonyl (C=O) groups is 3. The summed E-state index contributed by atoms with van der Waals surface area (Å²) in [5.74, 6) is -0.765. The molecule has 2 N–H and O–H groups in total. The molecule has 7 heteroatoms. The molecule has 2 amide bonds. The van der Waals surface area contributed by atoms with Crippen molar-refractivity contribution in [3.8, 4) is 0 Å². The molecular weight excluding hydrogens is 310 g/mol. The third-order valence-electron chi connectivity index (χ3n) is 4.17. The van der Waals surface area contributed by atoms with E-state index < -0.39 is 11.9 Å². The maximum absolute atomic E-state index is 12.7. The molecule has 0 aromatic heterocycles. The minimum atomic E-state index is -0.652. The molecular formula is C17H25N3O4. The highest BCUT2D eigenvalue weighted by Crippen LogP contribution is 2.29. The molecule has 132 valence electrons. The van der Waals surface area contributed by atoms with Gasteiger partial charge < -0.3 is 15.4 Å². The second kappa shape index (κ2) is 7.99. The largest absolute Gasteiger partial charge is 0.462 e. The van der Waals surface area contributed by atoms with Gasteiger partial charge in [-0.25, -0.2) is 4.79 Å². The first-order chi connectivity index (χ1) is 11.5. The molecule has 0 bridgehead atoms. The van der Waals surface area contributed by atoms with Gasteiger partial charge in [0.25, 0.3) is 11.8 Å². The van der Waals surface area contributed by atoms with Crippen molar-refractivity contribution in [3.63, 3.8) is 0 Å². The van der Waals surface area contributed by atoms with Crippen LogP contribution in [0, 0.1) is 0 Å². The van der Waals surface area contributed by atoms with E-state index in [1.165, 1.54) is 11.1 Å². The molecule has 0 aromatic rings. The SMILES string of the molecule is CCCCNC(=O)C1=C2NC=C(C(=O)OCC)C(=O)N2C(C)CC1. The molecule has 2 rings (SSSR count). The summed E-state index contributed by atoms with van der Waals surface area (Å²) in [5, 5.41) is 5.84. The fourth-order valence-corrected chi connectivity index (χ4v) is 2.82. The summed E-state index contributed by atoms with van der Waals surface area (Å²) in [7, 11) is 0. The Hall–Kier alpha value is -2.31. The maximum Gasteiger partial charge on any atom is 0.345 e. The number of rotatable bonds is 6. The number of hydrogen-bond donors (Lipinski definition) is 2. The van der Waals surface area contributed by atoms with Crippen molar-refractivity contribution in [2.45, 2.75) is 52.5 Å². The van der Waals surface area contributed by atoms with Gasteiger partial charge in [0, 0.05) is 18.8 Å². The lowest BCUT2D eigenvalue weighted by Gasteiger charge is -2.39. The van der Waals surface area contributed by atoms with Crippen LogP contribution in [0.5, 0.6) is 0 Å². The van der Waals surface area contributed by atoms with Gasteiger partial charge in [-0.15, -0.1) is 0 Å². The molecule has 2 heterocycles. The summed E-state index contributed by atoms with van der Waals surface area (Å²) >= 11 is 0. The third kappa shape index (κ3) is 3.60. The van der Waals surface area contributed by atoms with E-state index in [0.717, 1.165) is 12.8 Å². The first kappa shape index (κ1) is 18.0. The number of nitrogens with one attached hydrogen (secondary N) is 2. The van der Waals surface area contributed by atoms with Gasteiger partial charge in [0.2, 0.25) is 0 Å². The summed E-state index contributed by atoms with van der Waals surface area (Å²) in [5.41, 5.74) is 0.511. The fourth-order valence-electron chi connectivity index (χ4n) is 2.82. The van der Waals surface area contributed by atoms with Crippen molar-refractivity contribution in [1.29, 1.82) is 0 Å². The van der Waals surface area contributed by atoms with Crippen molar-refractivity contribution in [2.24, 2.45) is 0 Å². The number of nitrogens with zero attached hydrogens (tertiary/aromatic N) is 1. The van der Waals surface area contributed by atoms with Crippen LogP contribution >= 0.6 is 0 Å². The van der Waals surface area contributed by atoms with E-state index in [1.807, 2.05) is 6.92 Å². The van der Waals surface area contributed by atoms with E-state index in [9.17, 15) is 14.4 Å². The second-order valence-corrected chi connectivity index (χ2v) is 5.92. The number of ether oxygens (including phenoxy) is 1. The van der Waals surface area contributed by atoms with Gasteiger partial charge in [-0.3, -0.25) is 14.5 Å². The Morgan fingerprint density at radius 2 is 2.17 bits per heavy atom. The number of unbranched alkanes of at least 4 members (excludes halogenated alkanes) is 1. The van der Waals surface area contributed by atoms with Crippen LogP contribution in [0.4, 0.5) is 0 Å². The molecule has 1 unspecified atom stereocenters. The summed E-state index contributed by atoms with van der Waals surface area (Å²) in [6.07, 6.45) is 4.51. The maximum atomic E-state index is 12.7. The second-order valence-electron chi connectivity index (χ2n) is 5.92. The zero-order valence-electron chi connectivity index (χ0n) is 14.5. The molecule has 0 saturated heterocycles. The van der Waals surface area contributed by atoms with Crippen molar-refractivity contribution in [3.05, 3.63) is 23.2 Å². The van der Waals surface area contributed by atoms with E-state index in [4.69, 9.17) is 4.74 Å². The molecule has 0 spiro atoms. The van der Waals surface area contributed by atoms with E-state index in [2.05, 4.69) is 17.6 Å². The summed E-state index contributed by atoms with van der Waals surface area (Å²) in [6, 6.07) is -0.0923. The van der Waals surface area contributed by atoms with Crippen LogP contribution in [-0.2, 0) is 19.1 Å². The van der Waals surface area contributed by atoms with Gasteiger partial charge in [-0.2, -0.15) is 0 Å². The van der Waals surface area contributed by atoms with Crippen LogP contribution < -0.4 is 10.6 Å². The molecule has 1 atom stereocenters. The highest BCUT2D eigenvalue weighted by atomic mass is 16.5. The zero-order chi connectivity index (χ0) is 17.7. The smallest absolute Gasteiger partial charge is 0.345 e. The monoisotopic (exact) mass is 335 g/mol. The van der Waals surface area contributed by atoms with Crippen LogP contribution in [-0.4, -0.2) is 41.9 Å². The van der Waals surface area contributed by atoms with Crippen molar-refractivity contribution in [2.75, 3.05) is 13.2 Å². The lowest BCUT2D eigenvalue weighted by molar-refractivity contribution is -0.142. The lowest BCUT2D eigenvalue weighted by Crippen LogP contribution is -2.51. The van der Waals surface area contributed by atoms with Crippen molar-refractivity contribution in [1.82, 2.24) is 15.5 Å². The topological polar surface area (TPSA) is 87.7 Å². The molecule has 2 aliphatic rings. The van der Waals surface area contributed by atoms with Crippen LogP contribution in [0.15, 0.2) is 23.2 Å². The van der Waals surface area contributed by atoms with E-state index in [1.54, 1.807) is 6.92 Å². The summed E-state index contributed by atoms with van der Waals surface area (Å²) < 4.78 is 4.92. The fraction of sp³-hybridized carbons (Fsp3) is 0.588. The lowest BCUT2D eigenvalue weighted by atomic mass is 9.96. The number of hydrogen-bond acceptors (Lipinski definition) is 5. The average molecular weight is 335 g/mol. The van der Waals surface area contributed by atoms with E-state index in [-0.39, 0.29) is 24.1 Å². The van der Waals surface area contributed by atoms with Crippen LogP contribution in [0.1, 0.15) is 46.5 Å². The van der Waals surface area contributed by atoms with Gasteiger partial charge in [-0.1, -0.05) is 13.3 Å². The molecule has 0 saturated carbocycles. The van der Waals surface area contributed by atoms with Crippen LogP contribution in [0.2, 0.25) is 0 Å². The Kier molecular flexibility index (Phi) is 6.00. The molecule has 0 aromatic carbocycles. The van der Waals surface area contributed by atoms with Gasteiger partial charge in [0.15, 0.2) is 0 Å². The molecule has 7 nitrogen and oxygen atoms in total.